The van der Waals surface area contributed by atoms with E-state index in [4.69, 9.17) is 0 Å². The maximum atomic E-state index is 4.63. The predicted molar refractivity (Wildman–Crippen MR) is 64.6 cm³/mol. The molecule has 1 aliphatic carbocycles. The summed E-state index contributed by atoms with van der Waals surface area (Å²) in [5.41, 5.74) is 5.71. The van der Waals surface area contributed by atoms with Crippen molar-refractivity contribution in [1.29, 1.82) is 0 Å². The molecule has 0 N–H and O–H groups in total. The highest BCUT2D eigenvalue weighted by Gasteiger charge is 2.16. The number of pyridine rings is 1. The SMILES string of the molecule is Cc1nncc(-c2cc3c(c(C)n2)CCC3)n1. The van der Waals surface area contributed by atoms with Gasteiger partial charge in [-0.15, -0.1) is 5.10 Å². The highest BCUT2D eigenvalue weighted by atomic mass is 15.1. The maximum Gasteiger partial charge on any atom is 0.148 e. The van der Waals surface area contributed by atoms with E-state index in [1.165, 1.54) is 17.5 Å². The summed E-state index contributed by atoms with van der Waals surface area (Å²) in [6, 6.07) is 2.15. The van der Waals surface area contributed by atoms with E-state index in [9.17, 15) is 0 Å². The molecule has 0 aliphatic heterocycles. The van der Waals surface area contributed by atoms with Crippen LogP contribution in [0.4, 0.5) is 0 Å². The molecule has 2 aromatic rings. The summed E-state index contributed by atoms with van der Waals surface area (Å²) >= 11 is 0. The van der Waals surface area contributed by atoms with E-state index in [-0.39, 0.29) is 0 Å². The molecule has 3 rings (SSSR count). The molecule has 17 heavy (non-hydrogen) atoms. The first-order valence-electron chi connectivity index (χ1n) is 5.90. The lowest BCUT2D eigenvalue weighted by atomic mass is 10.1. The lowest BCUT2D eigenvalue weighted by Gasteiger charge is -2.07. The Labute approximate surface area is 100 Å². The van der Waals surface area contributed by atoms with E-state index in [2.05, 4.69) is 33.2 Å². The molecule has 0 spiro atoms. The average Bonchev–Trinajstić information content (AvgIpc) is 2.77. The normalized spacial score (nSPS) is 13.8. The van der Waals surface area contributed by atoms with Crippen LogP contribution in [0.3, 0.4) is 0 Å². The zero-order chi connectivity index (χ0) is 11.8. The zero-order valence-electron chi connectivity index (χ0n) is 10.1. The van der Waals surface area contributed by atoms with Gasteiger partial charge in [0, 0.05) is 5.69 Å². The van der Waals surface area contributed by atoms with Crippen LogP contribution < -0.4 is 0 Å². The fraction of sp³-hybridized carbons (Fsp3) is 0.385. The lowest BCUT2D eigenvalue weighted by Crippen LogP contribution is -1.99. The fourth-order valence-corrected chi connectivity index (χ4v) is 2.43. The Balaban J connectivity index is 2.13. The van der Waals surface area contributed by atoms with Gasteiger partial charge in [-0.25, -0.2) is 4.98 Å². The first kappa shape index (κ1) is 10.3. The molecule has 0 atom stereocenters. The summed E-state index contributed by atoms with van der Waals surface area (Å²) in [5.74, 6) is 0.683. The number of hydrogen-bond donors (Lipinski definition) is 0. The minimum absolute atomic E-state index is 0.683. The molecule has 2 heterocycles. The Morgan fingerprint density at radius 1 is 1.06 bits per heavy atom. The number of fused-ring (bicyclic) bond motifs is 1. The van der Waals surface area contributed by atoms with Crippen molar-refractivity contribution in [2.75, 3.05) is 0 Å². The summed E-state index contributed by atoms with van der Waals surface area (Å²) < 4.78 is 0. The molecule has 1 aliphatic rings. The van der Waals surface area contributed by atoms with Crippen molar-refractivity contribution in [3.8, 4) is 11.4 Å². The fourth-order valence-electron chi connectivity index (χ4n) is 2.43. The van der Waals surface area contributed by atoms with Crippen LogP contribution in [-0.2, 0) is 12.8 Å². The topological polar surface area (TPSA) is 51.6 Å². The van der Waals surface area contributed by atoms with Crippen molar-refractivity contribution >= 4 is 0 Å². The highest BCUT2D eigenvalue weighted by molar-refractivity contribution is 5.56. The molecule has 0 unspecified atom stereocenters. The van der Waals surface area contributed by atoms with E-state index < -0.39 is 0 Å². The molecule has 2 aromatic heterocycles. The van der Waals surface area contributed by atoms with Crippen LogP contribution in [0.25, 0.3) is 11.4 Å². The van der Waals surface area contributed by atoms with Crippen LogP contribution in [-0.4, -0.2) is 20.2 Å². The molecule has 4 nitrogen and oxygen atoms in total. The Morgan fingerprint density at radius 3 is 2.76 bits per heavy atom. The summed E-state index contributed by atoms with van der Waals surface area (Å²) in [6.07, 6.45) is 5.23. The number of aromatic nitrogens is 4. The summed E-state index contributed by atoms with van der Waals surface area (Å²) in [5, 5.41) is 7.80. The van der Waals surface area contributed by atoms with E-state index in [1.807, 2.05) is 6.92 Å². The van der Waals surface area contributed by atoms with Gasteiger partial charge in [0.2, 0.25) is 0 Å². The predicted octanol–water partition coefficient (Wildman–Crippen LogP) is 2.04. The number of hydrogen-bond acceptors (Lipinski definition) is 4. The largest absolute Gasteiger partial charge is 0.251 e. The van der Waals surface area contributed by atoms with Crippen molar-refractivity contribution in [2.45, 2.75) is 33.1 Å². The van der Waals surface area contributed by atoms with Gasteiger partial charge in [-0.05, 0) is 50.3 Å². The standard InChI is InChI=1S/C13H14N4/c1-8-11-5-3-4-10(11)6-12(15-8)13-7-14-17-9(2)16-13/h6-7H,3-5H2,1-2H3. The van der Waals surface area contributed by atoms with Crippen molar-refractivity contribution in [3.63, 3.8) is 0 Å². The van der Waals surface area contributed by atoms with E-state index >= 15 is 0 Å². The summed E-state index contributed by atoms with van der Waals surface area (Å²) in [6.45, 7) is 3.92. The zero-order valence-corrected chi connectivity index (χ0v) is 10.1. The Morgan fingerprint density at radius 2 is 1.94 bits per heavy atom. The van der Waals surface area contributed by atoms with Crippen molar-refractivity contribution in [3.05, 3.63) is 34.9 Å². The van der Waals surface area contributed by atoms with Crippen LogP contribution in [0.2, 0.25) is 0 Å². The van der Waals surface area contributed by atoms with Gasteiger partial charge in [0.25, 0.3) is 0 Å². The Hall–Kier alpha value is -1.84. The second kappa shape index (κ2) is 3.87. The summed E-state index contributed by atoms with van der Waals surface area (Å²) in [7, 11) is 0. The van der Waals surface area contributed by atoms with Gasteiger partial charge in [-0.1, -0.05) is 0 Å². The van der Waals surface area contributed by atoms with Gasteiger partial charge in [0.15, 0.2) is 0 Å². The van der Waals surface area contributed by atoms with Crippen molar-refractivity contribution in [1.82, 2.24) is 20.2 Å². The van der Waals surface area contributed by atoms with Gasteiger partial charge in [-0.3, -0.25) is 4.98 Å². The van der Waals surface area contributed by atoms with Crippen LogP contribution >= 0.6 is 0 Å². The molecule has 86 valence electrons. The molecule has 0 aromatic carbocycles. The first-order valence-corrected chi connectivity index (χ1v) is 5.90. The molecule has 0 saturated carbocycles. The third-order valence-electron chi connectivity index (χ3n) is 3.22. The molecule has 0 amide bonds. The van der Waals surface area contributed by atoms with Crippen molar-refractivity contribution in [2.24, 2.45) is 0 Å². The smallest absolute Gasteiger partial charge is 0.148 e. The second-order valence-electron chi connectivity index (χ2n) is 4.47. The van der Waals surface area contributed by atoms with Crippen LogP contribution in [0.5, 0.6) is 0 Å². The molecule has 0 radical (unpaired) electrons. The molecular formula is C13H14N4. The number of rotatable bonds is 1. The number of aryl methyl sites for hydroxylation is 3. The second-order valence-corrected chi connectivity index (χ2v) is 4.47. The molecule has 0 fully saturated rings. The molecule has 0 saturated heterocycles. The lowest BCUT2D eigenvalue weighted by molar-refractivity contribution is 0.906. The third kappa shape index (κ3) is 1.79. The van der Waals surface area contributed by atoms with Gasteiger partial charge >= 0.3 is 0 Å². The summed E-state index contributed by atoms with van der Waals surface area (Å²) in [4.78, 5) is 9.00. The first-order chi connectivity index (χ1) is 8.24. The Bertz CT molecular complexity index is 578. The highest BCUT2D eigenvalue weighted by Crippen LogP contribution is 2.27. The average molecular weight is 226 g/mol. The van der Waals surface area contributed by atoms with E-state index in [0.29, 0.717) is 5.82 Å². The van der Waals surface area contributed by atoms with E-state index in [0.717, 1.165) is 29.9 Å². The monoisotopic (exact) mass is 226 g/mol. The molecule has 0 bridgehead atoms. The van der Waals surface area contributed by atoms with Crippen LogP contribution in [0.1, 0.15) is 29.1 Å². The maximum absolute atomic E-state index is 4.63. The van der Waals surface area contributed by atoms with Crippen LogP contribution in [0.15, 0.2) is 12.3 Å². The van der Waals surface area contributed by atoms with Crippen LogP contribution in [0, 0.1) is 13.8 Å². The third-order valence-corrected chi connectivity index (χ3v) is 3.22. The van der Waals surface area contributed by atoms with Gasteiger partial charge in [-0.2, -0.15) is 5.10 Å². The molecule has 4 heteroatoms. The number of nitrogens with zero attached hydrogens (tertiary/aromatic N) is 4. The molecular weight excluding hydrogens is 212 g/mol. The minimum atomic E-state index is 0.683. The van der Waals surface area contributed by atoms with Gasteiger partial charge in [0.1, 0.15) is 11.5 Å². The van der Waals surface area contributed by atoms with Crippen molar-refractivity contribution < 1.29 is 0 Å². The van der Waals surface area contributed by atoms with Gasteiger partial charge in [0.05, 0.1) is 11.9 Å². The Kier molecular flexibility index (Phi) is 2.35. The minimum Gasteiger partial charge on any atom is -0.251 e. The quantitative estimate of drug-likeness (QED) is 0.746. The van der Waals surface area contributed by atoms with E-state index in [1.54, 1.807) is 6.20 Å². The van der Waals surface area contributed by atoms with Gasteiger partial charge < -0.3 is 0 Å².